The van der Waals surface area contributed by atoms with Gasteiger partial charge in [0.1, 0.15) is 0 Å². The Hall–Kier alpha value is -1.68. The number of hydrogen-bond acceptors (Lipinski definition) is 6. The Labute approximate surface area is 106 Å². The maximum absolute atomic E-state index is 12.6. The van der Waals surface area contributed by atoms with Gasteiger partial charge in [0.2, 0.25) is 4.96 Å². The Morgan fingerprint density at radius 3 is 2.56 bits per heavy atom. The summed E-state index contributed by atoms with van der Waals surface area (Å²) in [6.07, 6.45) is -4.57. The molecule has 0 aliphatic rings. The Bertz CT molecular complexity index is 710. The van der Waals surface area contributed by atoms with Gasteiger partial charge in [0.25, 0.3) is 5.82 Å². The third-order valence-electron chi connectivity index (χ3n) is 2.08. The lowest BCUT2D eigenvalue weighted by atomic mass is 10.5. The molecule has 3 rings (SSSR count). The first kappa shape index (κ1) is 11.4. The maximum Gasteiger partial charge on any atom is 0.453 e. The van der Waals surface area contributed by atoms with Crippen LogP contribution in [0.25, 0.3) is 14.8 Å². The molecule has 94 valence electrons. The lowest BCUT2D eigenvalue weighted by Gasteiger charge is -1.99. The number of anilines is 1. The van der Waals surface area contributed by atoms with E-state index in [2.05, 4.69) is 15.3 Å². The summed E-state index contributed by atoms with van der Waals surface area (Å²) in [6.45, 7) is 0. The smallest absolute Gasteiger partial charge is 0.391 e. The molecule has 2 N–H and O–H groups in total. The summed E-state index contributed by atoms with van der Waals surface area (Å²) in [5.74, 6) is -1.12. The third-order valence-corrected chi connectivity index (χ3v) is 4.06. The largest absolute Gasteiger partial charge is 0.453 e. The lowest BCUT2D eigenvalue weighted by Crippen LogP contribution is -2.11. The van der Waals surface area contributed by atoms with Crippen molar-refractivity contribution in [2.75, 3.05) is 5.73 Å². The van der Waals surface area contributed by atoms with Crippen LogP contribution < -0.4 is 5.73 Å². The molecule has 0 saturated heterocycles. The number of alkyl halides is 3. The average molecular weight is 291 g/mol. The number of hydrogen-bond donors (Lipinski definition) is 1. The molecule has 3 aromatic heterocycles. The third kappa shape index (κ3) is 1.73. The van der Waals surface area contributed by atoms with Gasteiger partial charge < -0.3 is 5.73 Å². The minimum absolute atomic E-state index is 0.101. The van der Waals surface area contributed by atoms with Crippen LogP contribution in [0.15, 0.2) is 12.1 Å². The van der Waals surface area contributed by atoms with Crippen LogP contribution in [0.2, 0.25) is 0 Å². The molecule has 0 aliphatic heterocycles. The fraction of sp³-hybridized carbons (Fsp3) is 0.125. The highest BCUT2D eigenvalue weighted by Gasteiger charge is 2.38. The van der Waals surface area contributed by atoms with Crippen molar-refractivity contribution in [3.8, 4) is 9.88 Å². The van der Waals surface area contributed by atoms with E-state index in [1.807, 2.05) is 0 Å². The summed E-state index contributed by atoms with van der Waals surface area (Å²) < 4.78 is 38.5. The van der Waals surface area contributed by atoms with Crippen molar-refractivity contribution in [2.45, 2.75) is 6.18 Å². The monoisotopic (exact) mass is 291 g/mol. The van der Waals surface area contributed by atoms with Crippen LogP contribution >= 0.6 is 22.7 Å². The molecule has 18 heavy (non-hydrogen) atoms. The van der Waals surface area contributed by atoms with E-state index in [-0.39, 0.29) is 4.96 Å². The Morgan fingerprint density at radius 2 is 1.94 bits per heavy atom. The van der Waals surface area contributed by atoms with Gasteiger partial charge in [-0.15, -0.1) is 21.5 Å². The Kier molecular flexibility index (Phi) is 2.32. The highest BCUT2D eigenvalue weighted by atomic mass is 32.1. The first-order chi connectivity index (χ1) is 8.45. The fourth-order valence-electron chi connectivity index (χ4n) is 1.36. The topological polar surface area (TPSA) is 69.1 Å². The van der Waals surface area contributed by atoms with Crippen molar-refractivity contribution < 1.29 is 13.2 Å². The first-order valence-corrected chi connectivity index (χ1v) is 6.23. The van der Waals surface area contributed by atoms with E-state index in [0.717, 1.165) is 11.3 Å². The lowest BCUT2D eigenvalue weighted by molar-refractivity contribution is -0.146. The van der Waals surface area contributed by atoms with Gasteiger partial charge >= 0.3 is 6.18 Å². The molecule has 0 atom stereocenters. The van der Waals surface area contributed by atoms with Crippen LogP contribution in [0, 0.1) is 0 Å². The molecule has 0 saturated carbocycles. The van der Waals surface area contributed by atoms with Crippen molar-refractivity contribution in [3.05, 3.63) is 18.0 Å². The van der Waals surface area contributed by atoms with Gasteiger partial charge in [0.15, 0.2) is 5.01 Å². The molecule has 0 amide bonds. The minimum atomic E-state index is -4.57. The molecule has 0 unspecified atom stereocenters. The molecular formula is C8H4F3N5S2. The molecule has 3 aromatic rings. The van der Waals surface area contributed by atoms with E-state index >= 15 is 0 Å². The van der Waals surface area contributed by atoms with Crippen LogP contribution in [0.3, 0.4) is 0 Å². The Balaban J connectivity index is 2.15. The summed E-state index contributed by atoms with van der Waals surface area (Å²) in [7, 11) is 0. The van der Waals surface area contributed by atoms with Crippen molar-refractivity contribution in [2.24, 2.45) is 0 Å². The average Bonchev–Trinajstić information content (AvgIpc) is 2.87. The van der Waals surface area contributed by atoms with E-state index in [1.165, 1.54) is 11.3 Å². The zero-order chi connectivity index (χ0) is 12.9. The van der Waals surface area contributed by atoms with Crippen molar-refractivity contribution in [1.29, 1.82) is 0 Å². The van der Waals surface area contributed by atoms with Crippen LogP contribution in [0.1, 0.15) is 5.82 Å². The number of nitrogens with zero attached hydrogens (tertiary/aromatic N) is 4. The molecule has 5 nitrogen and oxygen atoms in total. The van der Waals surface area contributed by atoms with E-state index in [0.29, 0.717) is 19.4 Å². The molecule has 0 aliphatic carbocycles. The standard InChI is InChI=1S/C8H4F3N5S2/c9-8(10,11)6-13-14-7-16(6)15-5(18-7)3-1-2-4(12)17-3/h1-2H,12H2. The molecule has 0 fully saturated rings. The van der Waals surface area contributed by atoms with Crippen LogP contribution in [0.4, 0.5) is 18.2 Å². The van der Waals surface area contributed by atoms with Gasteiger partial charge in [0, 0.05) is 0 Å². The molecular weight excluding hydrogens is 287 g/mol. The number of aromatic nitrogens is 4. The van der Waals surface area contributed by atoms with E-state index < -0.39 is 12.0 Å². The Morgan fingerprint density at radius 1 is 1.17 bits per heavy atom. The van der Waals surface area contributed by atoms with E-state index in [9.17, 15) is 13.2 Å². The van der Waals surface area contributed by atoms with Gasteiger partial charge in [-0.2, -0.15) is 22.8 Å². The van der Waals surface area contributed by atoms with Gasteiger partial charge in [-0.3, -0.25) is 0 Å². The van der Waals surface area contributed by atoms with Crippen LogP contribution in [-0.4, -0.2) is 19.8 Å². The second-order valence-corrected chi connectivity index (χ2v) is 5.40. The summed E-state index contributed by atoms with van der Waals surface area (Å²) in [6, 6.07) is 3.38. The van der Waals surface area contributed by atoms with E-state index in [1.54, 1.807) is 12.1 Å². The van der Waals surface area contributed by atoms with Gasteiger partial charge in [0.05, 0.1) is 9.88 Å². The minimum Gasteiger partial charge on any atom is -0.391 e. The second-order valence-electron chi connectivity index (χ2n) is 3.32. The first-order valence-electron chi connectivity index (χ1n) is 4.60. The highest BCUT2D eigenvalue weighted by Crippen LogP contribution is 2.34. The number of thiophene rings is 1. The maximum atomic E-state index is 12.6. The van der Waals surface area contributed by atoms with Crippen LogP contribution in [-0.2, 0) is 6.18 Å². The molecule has 0 radical (unpaired) electrons. The quantitative estimate of drug-likeness (QED) is 0.748. The van der Waals surface area contributed by atoms with Gasteiger partial charge in [-0.05, 0) is 12.1 Å². The molecule has 0 aromatic carbocycles. The number of nitrogen functional groups attached to an aromatic ring is 1. The molecule has 0 bridgehead atoms. The summed E-state index contributed by atoms with van der Waals surface area (Å²) in [4.78, 5) is 0.806. The number of nitrogens with two attached hydrogens (primary N) is 1. The normalized spacial score (nSPS) is 12.4. The predicted octanol–water partition coefficient (Wildman–Crippen LogP) is 2.52. The number of rotatable bonds is 1. The SMILES string of the molecule is Nc1ccc(-c2nn3c(C(F)(F)F)nnc3s2)s1. The van der Waals surface area contributed by atoms with Crippen LogP contribution in [0.5, 0.6) is 0 Å². The molecule has 0 spiro atoms. The van der Waals surface area contributed by atoms with E-state index in [4.69, 9.17) is 5.73 Å². The van der Waals surface area contributed by atoms with Gasteiger partial charge in [-0.25, -0.2) is 0 Å². The summed E-state index contributed by atoms with van der Waals surface area (Å²) in [5.41, 5.74) is 5.57. The zero-order valence-corrected chi connectivity index (χ0v) is 10.1. The molecule has 10 heteroatoms. The summed E-state index contributed by atoms with van der Waals surface area (Å²) >= 11 is 2.29. The second kappa shape index (κ2) is 3.65. The number of fused-ring (bicyclic) bond motifs is 1. The van der Waals surface area contributed by atoms with Crippen molar-refractivity contribution in [1.82, 2.24) is 19.8 Å². The van der Waals surface area contributed by atoms with Crippen molar-refractivity contribution in [3.63, 3.8) is 0 Å². The molecule has 3 heterocycles. The summed E-state index contributed by atoms with van der Waals surface area (Å²) in [5, 5.41) is 11.4. The van der Waals surface area contributed by atoms with Crippen molar-refractivity contribution >= 4 is 32.6 Å². The fourth-order valence-corrected chi connectivity index (χ4v) is 3.02. The predicted molar refractivity (Wildman–Crippen MR) is 61.4 cm³/mol. The highest BCUT2D eigenvalue weighted by molar-refractivity contribution is 7.25. The van der Waals surface area contributed by atoms with Gasteiger partial charge in [-0.1, -0.05) is 11.3 Å². The number of halogens is 3. The zero-order valence-electron chi connectivity index (χ0n) is 8.47.